The number of amides is 1. The first-order valence-electron chi connectivity index (χ1n) is 13.3. The zero-order valence-corrected chi connectivity index (χ0v) is 23.4. The number of rotatable bonds is 6. The molecule has 1 saturated heterocycles. The van der Waals surface area contributed by atoms with Crippen molar-refractivity contribution in [3.05, 3.63) is 73.3 Å². The van der Waals surface area contributed by atoms with Crippen molar-refractivity contribution >= 4 is 32.8 Å². The Labute approximate surface area is 229 Å². The molecule has 0 spiro atoms. The molecule has 1 N–H and O–H groups in total. The van der Waals surface area contributed by atoms with Crippen LogP contribution in [0.5, 0.6) is 5.75 Å². The zero-order valence-electron chi connectivity index (χ0n) is 21.8. The normalized spacial score (nSPS) is 21.4. The molecule has 202 valence electrons. The number of benzene rings is 2. The molecule has 6 nitrogen and oxygen atoms in total. The summed E-state index contributed by atoms with van der Waals surface area (Å²) in [6.45, 7) is 4.88. The van der Waals surface area contributed by atoms with Crippen LogP contribution in [0.2, 0.25) is 0 Å². The van der Waals surface area contributed by atoms with Crippen LogP contribution >= 0.6 is 15.9 Å². The van der Waals surface area contributed by atoms with E-state index < -0.39 is 11.2 Å². The average molecular weight is 586 g/mol. The van der Waals surface area contributed by atoms with Crippen molar-refractivity contribution in [3.63, 3.8) is 0 Å². The largest absolute Gasteiger partial charge is 0.488 e. The van der Waals surface area contributed by atoms with Gasteiger partial charge in [-0.25, -0.2) is 9.18 Å². The molecule has 5 rings (SSSR count). The quantitative estimate of drug-likeness (QED) is 0.360. The number of hydrogen-bond donors (Lipinski definition) is 1. The van der Waals surface area contributed by atoms with Crippen LogP contribution in [-0.4, -0.2) is 34.6 Å². The van der Waals surface area contributed by atoms with Crippen molar-refractivity contribution < 1.29 is 23.4 Å². The lowest BCUT2D eigenvalue weighted by molar-refractivity contribution is -0.143. The maximum absolute atomic E-state index is 14.2. The molecule has 1 aromatic heterocycles. The van der Waals surface area contributed by atoms with E-state index in [4.69, 9.17) is 9.15 Å². The molecule has 2 fully saturated rings. The number of aliphatic hydroxyl groups is 1. The molecule has 2 aromatic carbocycles. The van der Waals surface area contributed by atoms with Gasteiger partial charge in [-0.1, -0.05) is 34.8 Å². The minimum absolute atomic E-state index is 0.0108. The van der Waals surface area contributed by atoms with Gasteiger partial charge in [-0.3, -0.25) is 4.79 Å². The summed E-state index contributed by atoms with van der Waals surface area (Å²) in [5, 5.41) is 11.7. The van der Waals surface area contributed by atoms with E-state index in [0.717, 1.165) is 36.6 Å². The van der Waals surface area contributed by atoms with Crippen molar-refractivity contribution in [1.82, 2.24) is 4.90 Å². The maximum atomic E-state index is 14.2. The van der Waals surface area contributed by atoms with Crippen molar-refractivity contribution in [2.45, 2.75) is 71.0 Å². The highest BCUT2D eigenvalue weighted by atomic mass is 79.9. The third kappa shape index (κ3) is 5.25. The number of nitrogens with zero attached hydrogens (tertiary/aromatic N) is 1. The molecule has 3 aromatic rings. The Morgan fingerprint density at radius 3 is 2.82 bits per heavy atom. The second-order valence-corrected chi connectivity index (χ2v) is 11.6. The molecule has 2 atom stereocenters. The molecule has 1 amide bonds. The first-order valence-corrected chi connectivity index (χ1v) is 14.1. The van der Waals surface area contributed by atoms with Gasteiger partial charge in [0.25, 0.3) is 0 Å². The van der Waals surface area contributed by atoms with Crippen LogP contribution in [-0.2, 0) is 17.8 Å². The minimum Gasteiger partial charge on any atom is -0.488 e. The first kappa shape index (κ1) is 26.9. The Bertz CT molecular complexity index is 1440. The Kier molecular flexibility index (Phi) is 7.65. The van der Waals surface area contributed by atoms with Crippen LogP contribution in [0.15, 0.2) is 44.0 Å². The topological polar surface area (TPSA) is 80.0 Å². The van der Waals surface area contributed by atoms with Crippen LogP contribution in [0.4, 0.5) is 4.39 Å². The number of ether oxygens (including phenoxy) is 1. The van der Waals surface area contributed by atoms with Gasteiger partial charge in [-0.05, 0) is 69.4 Å². The van der Waals surface area contributed by atoms with Crippen LogP contribution in [0.1, 0.15) is 60.8 Å². The van der Waals surface area contributed by atoms with Gasteiger partial charge < -0.3 is 19.2 Å². The molecule has 1 saturated carbocycles. The zero-order chi connectivity index (χ0) is 27.0. The Hall–Kier alpha value is -2.71. The first-order chi connectivity index (χ1) is 18.2. The maximum Gasteiger partial charge on any atom is 0.339 e. The summed E-state index contributed by atoms with van der Waals surface area (Å²) in [5.74, 6) is 0.300. The van der Waals surface area contributed by atoms with Gasteiger partial charge in [-0.2, -0.15) is 0 Å². The SMILES string of the molecule is Cc1c(CCC(=O)N2CC[C@]3(O)CCCC[C@@H]3C2)c(=O)oc2c(C)c(OCc3ccc(Br)cc3F)ccc12. The fourth-order valence-electron chi connectivity index (χ4n) is 6.00. The lowest BCUT2D eigenvalue weighted by Gasteiger charge is -2.47. The van der Waals surface area contributed by atoms with Crippen molar-refractivity contribution in [2.75, 3.05) is 13.1 Å². The Morgan fingerprint density at radius 2 is 2.03 bits per heavy atom. The summed E-state index contributed by atoms with van der Waals surface area (Å²) >= 11 is 3.25. The van der Waals surface area contributed by atoms with Crippen molar-refractivity contribution in [3.8, 4) is 5.75 Å². The third-order valence-electron chi connectivity index (χ3n) is 8.42. The van der Waals surface area contributed by atoms with Gasteiger partial charge in [0, 0.05) is 52.0 Å². The number of carbonyl (C=O) groups excluding carboxylic acids is 1. The van der Waals surface area contributed by atoms with E-state index in [1.165, 1.54) is 6.07 Å². The molecule has 0 unspecified atom stereocenters. The second kappa shape index (κ2) is 10.8. The number of hydrogen-bond acceptors (Lipinski definition) is 5. The molecular formula is C30H33BrFNO5. The lowest BCUT2D eigenvalue weighted by Crippen LogP contribution is -2.54. The highest BCUT2D eigenvalue weighted by Gasteiger charge is 2.43. The Balaban J connectivity index is 1.29. The fraction of sp³-hybridized carbons (Fsp3) is 0.467. The van der Waals surface area contributed by atoms with E-state index in [0.29, 0.717) is 58.4 Å². The summed E-state index contributed by atoms with van der Waals surface area (Å²) in [5.41, 5.74) is 1.73. The molecule has 1 aliphatic heterocycles. The average Bonchev–Trinajstić information content (AvgIpc) is 2.88. The van der Waals surface area contributed by atoms with Gasteiger partial charge in [0.15, 0.2) is 0 Å². The summed E-state index contributed by atoms with van der Waals surface area (Å²) < 4.78 is 26.4. The van der Waals surface area contributed by atoms with Gasteiger partial charge in [0.05, 0.1) is 5.60 Å². The number of aryl methyl sites for hydroxylation is 2. The third-order valence-corrected chi connectivity index (χ3v) is 8.91. The van der Waals surface area contributed by atoms with Crippen LogP contribution in [0.25, 0.3) is 11.0 Å². The summed E-state index contributed by atoms with van der Waals surface area (Å²) in [6.07, 6.45) is 5.07. The van der Waals surface area contributed by atoms with Gasteiger partial charge in [0.1, 0.15) is 23.8 Å². The summed E-state index contributed by atoms with van der Waals surface area (Å²) in [7, 11) is 0. The minimum atomic E-state index is -0.627. The van der Waals surface area contributed by atoms with Crippen molar-refractivity contribution in [1.29, 1.82) is 0 Å². The summed E-state index contributed by atoms with van der Waals surface area (Å²) in [4.78, 5) is 27.9. The Morgan fingerprint density at radius 1 is 1.21 bits per heavy atom. The molecule has 0 radical (unpaired) electrons. The van der Waals surface area contributed by atoms with Crippen LogP contribution < -0.4 is 10.4 Å². The highest BCUT2D eigenvalue weighted by molar-refractivity contribution is 9.10. The van der Waals surface area contributed by atoms with Crippen molar-refractivity contribution in [2.24, 2.45) is 5.92 Å². The van der Waals surface area contributed by atoms with Crippen LogP contribution in [0, 0.1) is 25.6 Å². The smallest absolute Gasteiger partial charge is 0.339 e. The molecule has 8 heteroatoms. The van der Waals surface area contributed by atoms with E-state index in [2.05, 4.69) is 15.9 Å². The van der Waals surface area contributed by atoms with Gasteiger partial charge in [-0.15, -0.1) is 0 Å². The van der Waals surface area contributed by atoms with E-state index in [1.54, 1.807) is 18.2 Å². The fourth-order valence-corrected chi connectivity index (χ4v) is 6.33. The predicted molar refractivity (Wildman–Crippen MR) is 147 cm³/mol. The van der Waals surface area contributed by atoms with E-state index >= 15 is 0 Å². The molecule has 0 bridgehead atoms. The number of carbonyl (C=O) groups is 1. The number of piperidine rings is 1. The van der Waals surface area contributed by atoms with Crippen LogP contribution in [0.3, 0.4) is 0 Å². The molecule has 2 heterocycles. The lowest BCUT2D eigenvalue weighted by atomic mass is 9.71. The van der Waals surface area contributed by atoms with E-state index in [-0.39, 0.29) is 30.7 Å². The van der Waals surface area contributed by atoms with Gasteiger partial charge in [0.2, 0.25) is 5.91 Å². The molecule has 1 aliphatic carbocycles. The molecular weight excluding hydrogens is 553 g/mol. The summed E-state index contributed by atoms with van der Waals surface area (Å²) in [6, 6.07) is 8.45. The monoisotopic (exact) mass is 585 g/mol. The molecule has 2 aliphatic rings. The van der Waals surface area contributed by atoms with Gasteiger partial charge >= 0.3 is 5.63 Å². The second-order valence-electron chi connectivity index (χ2n) is 10.7. The number of likely N-dealkylation sites (tertiary alicyclic amines) is 1. The predicted octanol–water partition coefficient (Wildman–Crippen LogP) is 5.98. The van der Waals surface area contributed by atoms with E-state index in [9.17, 15) is 19.1 Å². The molecule has 38 heavy (non-hydrogen) atoms. The standard InChI is InChI=1S/C30H33BrFNO5/c1-18-23-8-10-26(37-17-20-6-7-22(31)15-25(20)32)19(2)28(23)38-29(35)24(18)9-11-27(34)33-14-13-30(36)12-4-3-5-21(30)16-33/h6-8,10,15,21,36H,3-5,9,11-14,16-17H2,1-2H3/t21-,30-/m1/s1. The van der Waals surface area contributed by atoms with E-state index in [1.807, 2.05) is 24.8 Å². The number of fused-ring (bicyclic) bond motifs is 2. The number of halogens is 2. The highest BCUT2D eigenvalue weighted by Crippen LogP contribution is 2.40.